The van der Waals surface area contributed by atoms with E-state index >= 15 is 0 Å². The van der Waals surface area contributed by atoms with E-state index in [1.54, 1.807) is 0 Å². The first kappa shape index (κ1) is 19.0. The number of carbonyl (C=O) groups excluding carboxylic acids is 1. The number of esters is 1. The molecule has 0 radical (unpaired) electrons. The van der Waals surface area contributed by atoms with Gasteiger partial charge in [-0.05, 0) is 45.1 Å². The van der Waals surface area contributed by atoms with Crippen LogP contribution in [-0.2, 0) is 9.53 Å². The zero-order valence-electron chi connectivity index (χ0n) is 14.5. The molecule has 124 valence electrons. The van der Waals surface area contributed by atoms with E-state index in [0.717, 1.165) is 31.3 Å². The average Bonchev–Trinajstić information content (AvgIpc) is 2.55. The van der Waals surface area contributed by atoms with Crippen LogP contribution in [0.3, 0.4) is 0 Å². The fourth-order valence-electron chi connectivity index (χ4n) is 2.39. The fourth-order valence-corrected chi connectivity index (χ4v) is 2.39. The maximum Gasteiger partial charge on any atom is 0.312 e. The molecule has 2 nitrogen and oxygen atoms in total. The van der Waals surface area contributed by atoms with Gasteiger partial charge in [-0.1, -0.05) is 66.3 Å². The van der Waals surface area contributed by atoms with Crippen molar-refractivity contribution in [2.45, 2.75) is 39.5 Å². The largest absolute Gasteiger partial charge is 0.469 e. The number of carbonyl (C=O) groups is 1. The van der Waals surface area contributed by atoms with E-state index in [-0.39, 0.29) is 11.9 Å². The van der Waals surface area contributed by atoms with Crippen molar-refractivity contribution >= 4 is 12.0 Å². The van der Waals surface area contributed by atoms with Crippen LogP contribution < -0.4 is 0 Å². The van der Waals surface area contributed by atoms with E-state index < -0.39 is 0 Å². The molecule has 1 rings (SSSR count). The SMILES string of the molecule is C=C(C)C(CCC(C)=CCCC=Cc1ccccc1)C(=O)OC. The molecular weight excluding hydrogens is 284 g/mol. The zero-order valence-corrected chi connectivity index (χ0v) is 14.5. The number of rotatable bonds is 9. The van der Waals surface area contributed by atoms with Crippen LogP contribution in [0.15, 0.2) is 60.2 Å². The molecule has 0 fully saturated rings. The topological polar surface area (TPSA) is 26.3 Å². The molecule has 1 aromatic rings. The smallest absolute Gasteiger partial charge is 0.312 e. The third kappa shape index (κ3) is 7.64. The second kappa shape index (κ2) is 10.6. The molecule has 0 spiro atoms. The molecule has 0 amide bonds. The van der Waals surface area contributed by atoms with Crippen LogP contribution in [0.1, 0.15) is 45.1 Å². The Labute approximate surface area is 140 Å². The number of benzene rings is 1. The Bertz CT molecular complexity index is 552. The van der Waals surface area contributed by atoms with Gasteiger partial charge in [0.1, 0.15) is 0 Å². The second-order valence-corrected chi connectivity index (χ2v) is 5.90. The van der Waals surface area contributed by atoms with Crippen LogP contribution in [0, 0.1) is 5.92 Å². The van der Waals surface area contributed by atoms with Crippen molar-refractivity contribution in [3.05, 3.63) is 65.8 Å². The van der Waals surface area contributed by atoms with E-state index in [9.17, 15) is 4.79 Å². The van der Waals surface area contributed by atoms with Crippen LogP contribution in [-0.4, -0.2) is 13.1 Å². The van der Waals surface area contributed by atoms with Crippen molar-refractivity contribution in [3.8, 4) is 0 Å². The molecule has 0 aromatic heterocycles. The second-order valence-electron chi connectivity index (χ2n) is 5.90. The Hall–Kier alpha value is -2.09. The fraction of sp³-hybridized carbons (Fsp3) is 0.381. The van der Waals surface area contributed by atoms with Crippen molar-refractivity contribution < 1.29 is 9.53 Å². The predicted molar refractivity (Wildman–Crippen MR) is 98.0 cm³/mol. The molecule has 1 atom stereocenters. The molecular formula is C21H28O2. The van der Waals surface area contributed by atoms with Gasteiger partial charge >= 0.3 is 5.97 Å². The van der Waals surface area contributed by atoms with Crippen LogP contribution in [0.25, 0.3) is 6.08 Å². The minimum absolute atomic E-state index is 0.184. The lowest BCUT2D eigenvalue weighted by atomic mass is 9.94. The molecule has 0 heterocycles. The lowest BCUT2D eigenvalue weighted by molar-refractivity contribution is -0.144. The summed E-state index contributed by atoms with van der Waals surface area (Å²) in [4.78, 5) is 11.7. The molecule has 0 aliphatic rings. The average molecular weight is 312 g/mol. The van der Waals surface area contributed by atoms with E-state index in [4.69, 9.17) is 4.74 Å². The highest BCUT2D eigenvalue weighted by molar-refractivity contribution is 5.75. The maximum atomic E-state index is 11.7. The minimum atomic E-state index is -0.193. The summed E-state index contributed by atoms with van der Waals surface area (Å²) in [5, 5.41) is 0. The molecule has 0 saturated heterocycles. The lowest BCUT2D eigenvalue weighted by Crippen LogP contribution is -2.17. The third-order valence-corrected chi connectivity index (χ3v) is 3.84. The highest BCUT2D eigenvalue weighted by atomic mass is 16.5. The Morgan fingerprint density at radius 1 is 1.22 bits per heavy atom. The number of methoxy groups -OCH3 is 1. The molecule has 23 heavy (non-hydrogen) atoms. The van der Waals surface area contributed by atoms with Gasteiger partial charge < -0.3 is 4.74 Å². The number of hydrogen-bond acceptors (Lipinski definition) is 2. The number of hydrogen-bond donors (Lipinski definition) is 0. The van der Waals surface area contributed by atoms with Gasteiger partial charge in [0.2, 0.25) is 0 Å². The quantitative estimate of drug-likeness (QED) is 0.338. The number of allylic oxidation sites excluding steroid dienone is 3. The van der Waals surface area contributed by atoms with Crippen LogP contribution in [0.2, 0.25) is 0 Å². The van der Waals surface area contributed by atoms with E-state index in [0.29, 0.717) is 0 Å². The summed E-state index contributed by atoms with van der Waals surface area (Å²) in [7, 11) is 1.43. The van der Waals surface area contributed by atoms with Crippen molar-refractivity contribution in [2.75, 3.05) is 7.11 Å². The Morgan fingerprint density at radius 2 is 1.91 bits per heavy atom. The normalized spacial score (nSPS) is 13.1. The number of ether oxygens (including phenoxy) is 1. The number of unbranched alkanes of at least 4 members (excludes halogenated alkanes) is 1. The van der Waals surface area contributed by atoms with Crippen LogP contribution >= 0.6 is 0 Å². The van der Waals surface area contributed by atoms with Crippen molar-refractivity contribution in [2.24, 2.45) is 5.92 Å². The van der Waals surface area contributed by atoms with Gasteiger partial charge in [-0.3, -0.25) is 4.79 Å². The molecule has 0 bridgehead atoms. The van der Waals surface area contributed by atoms with Gasteiger partial charge in [0, 0.05) is 0 Å². The summed E-state index contributed by atoms with van der Waals surface area (Å²) >= 11 is 0. The van der Waals surface area contributed by atoms with Crippen LogP contribution in [0.5, 0.6) is 0 Å². The first-order valence-corrected chi connectivity index (χ1v) is 8.15. The molecule has 2 heteroatoms. The summed E-state index contributed by atoms with van der Waals surface area (Å²) < 4.78 is 4.83. The maximum absolute atomic E-state index is 11.7. The highest BCUT2D eigenvalue weighted by Gasteiger charge is 2.19. The Balaban J connectivity index is 2.35. The molecule has 0 aliphatic carbocycles. The van der Waals surface area contributed by atoms with E-state index in [1.807, 2.05) is 25.1 Å². The van der Waals surface area contributed by atoms with Gasteiger partial charge in [0.25, 0.3) is 0 Å². The Morgan fingerprint density at radius 3 is 2.52 bits per heavy atom. The summed E-state index contributed by atoms with van der Waals surface area (Å²) in [5.41, 5.74) is 3.42. The van der Waals surface area contributed by atoms with Gasteiger partial charge in [-0.15, -0.1) is 0 Å². The standard InChI is InChI=1S/C21H28O2/c1-17(2)20(21(22)23-4)16-15-18(3)11-7-5-8-12-19-13-9-6-10-14-19/h6,8-14,20H,1,5,7,15-16H2,2-4H3. The molecule has 1 aromatic carbocycles. The first-order chi connectivity index (χ1) is 11.0. The summed E-state index contributed by atoms with van der Waals surface area (Å²) in [6.45, 7) is 7.89. The molecule has 0 saturated carbocycles. The van der Waals surface area contributed by atoms with Crippen molar-refractivity contribution in [1.29, 1.82) is 0 Å². The van der Waals surface area contributed by atoms with Crippen molar-refractivity contribution in [1.82, 2.24) is 0 Å². The van der Waals surface area contributed by atoms with E-state index in [2.05, 4.69) is 43.9 Å². The van der Waals surface area contributed by atoms with Gasteiger partial charge in [-0.25, -0.2) is 0 Å². The summed E-state index contributed by atoms with van der Waals surface area (Å²) in [5.74, 6) is -0.377. The lowest BCUT2D eigenvalue weighted by Gasteiger charge is -2.14. The molecule has 0 aliphatic heterocycles. The minimum Gasteiger partial charge on any atom is -0.469 e. The highest BCUT2D eigenvalue weighted by Crippen LogP contribution is 2.20. The van der Waals surface area contributed by atoms with Gasteiger partial charge in [-0.2, -0.15) is 0 Å². The summed E-state index contributed by atoms with van der Waals surface area (Å²) in [6, 6.07) is 10.3. The Kier molecular flexibility index (Phi) is 8.74. The first-order valence-electron chi connectivity index (χ1n) is 8.15. The monoisotopic (exact) mass is 312 g/mol. The van der Waals surface area contributed by atoms with Gasteiger partial charge in [0.05, 0.1) is 13.0 Å². The molecule has 0 N–H and O–H groups in total. The zero-order chi connectivity index (χ0) is 17.1. The third-order valence-electron chi connectivity index (χ3n) is 3.84. The van der Waals surface area contributed by atoms with Crippen LogP contribution in [0.4, 0.5) is 0 Å². The van der Waals surface area contributed by atoms with Crippen molar-refractivity contribution in [3.63, 3.8) is 0 Å². The molecule has 1 unspecified atom stereocenters. The predicted octanol–water partition coefficient (Wildman–Crippen LogP) is 5.57. The van der Waals surface area contributed by atoms with Gasteiger partial charge in [0.15, 0.2) is 0 Å². The summed E-state index contributed by atoms with van der Waals surface area (Å²) in [6.07, 6.45) is 10.3. The van der Waals surface area contributed by atoms with E-state index in [1.165, 1.54) is 18.2 Å².